The summed E-state index contributed by atoms with van der Waals surface area (Å²) in [5.41, 5.74) is -2.54. The van der Waals surface area contributed by atoms with Crippen molar-refractivity contribution < 1.29 is 52.0 Å². The fourth-order valence-corrected chi connectivity index (χ4v) is 4.05. The number of benzene rings is 1. The molecule has 1 saturated heterocycles. The number of hydrogen-bond donors (Lipinski definition) is 3. The monoisotopic (exact) mass is 519 g/mol. The van der Waals surface area contributed by atoms with Gasteiger partial charge in [-0.1, -0.05) is 12.1 Å². The molecule has 1 fully saturated rings. The molecule has 13 heteroatoms. The van der Waals surface area contributed by atoms with E-state index in [-0.39, 0.29) is 34.4 Å². The highest BCUT2D eigenvalue weighted by Gasteiger charge is 2.50. The van der Waals surface area contributed by atoms with Crippen LogP contribution in [0.5, 0.6) is 11.5 Å². The lowest BCUT2D eigenvalue weighted by Crippen LogP contribution is -2.63. The quantitative estimate of drug-likeness (QED) is 0.286. The Labute approximate surface area is 203 Å². The van der Waals surface area contributed by atoms with Gasteiger partial charge in [0.15, 0.2) is 0 Å². The number of methoxy groups -OCH3 is 1. The first kappa shape index (κ1) is 27.7. The van der Waals surface area contributed by atoms with Crippen LogP contribution in [-0.2, 0) is 14.3 Å². The van der Waals surface area contributed by atoms with Gasteiger partial charge in [0.25, 0.3) is 0 Å². The molecule has 200 valence electrons. The first-order valence-corrected chi connectivity index (χ1v) is 11.0. The molecule has 2 aromatic rings. The van der Waals surface area contributed by atoms with Gasteiger partial charge in [0, 0.05) is 12.7 Å². The van der Waals surface area contributed by atoms with Gasteiger partial charge in [-0.05, 0) is 39.3 Å². The molecule has 0 amide bonds. The number of hydrogen-bond acceptors (Lipinski definition) is 10. The van der Waals surface area contributed by atoms with Crippen molar-refractivity contribution in [2.24, 2.45) is 5.16 Å². The normalized spacial score (nSPS) is 24.7. The molecule has 3 rings (SSSR count). The van der Waals surface area contributed by atoms with E-state index in [0.29, 0.717) is 0 Å². The summed E-state index contributed by atoms with van der Waals surface area (Å²) in [5.74, 6) is -0.431. The molecule has 4 atom stereocenters. The maximum atomic E-state index is 12.7. The van der Waals surface area contributed by atoms with Crippen LogP contribution in [0.25, 0.3) is 11.0 Å². The van der Waals surface area contributed by atoms with Crippen molar-refractivity contribution in [1.29, 1.82) is 0 Å². The highest BCUT2D eigenvalue weighted by atomic mass is 19.4. The van der Waals surface area contributed by atoms with Gasteiger partial charge in [-0.2, -0.15) is 13.2 Å². The van der Waals surface area contributed by atoms with Crippen LogP contribution < -0.4 is 10.4 Å². The van der Waals surface area contributed by atoms with Gasteiger partial charge in [-0.15, -0.1) is 0 Å². The van der Waals surface area contributed by atoms with E-state index in [0.717, 1.165) is 0 Å². The lowest BCUT2D eigenvalue weighted by molar-refractivity contribution is -0.306. The van der Waals surface area contributed by atoms with E-state index in [9.17, 15) is 33.3 Å². The molecule has 10 nitrogen and oxygen atoms in total. The number of oxime groups is 1. The van der Waals surface area contributed by atoms with E-state index in [2.05, 4.69) is 9.99 Å². The zero-order valence-corrected chi connectivity index (χ0v) is 20.3. The molecule has 2 heterocycles. The summed E-state index contributed by atoms with van der Waals surface area (Å²) in [6.45, 7) is 4.69. The Kier molecular flexibility index (Phi) is 7.89. The van der Waals surface area contributed by atoms with Crippen molar-refractivity contribution in [3.05, 3.63) is 33.7 Å². The van der Waals surface area contributed by atoms with Crippen LogP contribution in [0.4, 0.5) is 13.2 Å². The van der Waals surface area contributed by atoms with E-state index in [1.54, 1.807) is 13.8 Å². The number of nitrogens with zero attached hydrogens (tertiary/aromatic N) is 1. The van der Waals surface area contributed by atoms with Crippen molar-refractivity contribution in [3.8, 4) is 11.5 Å². The summed E-state index contributed by atoms with van der Waals surface area (Å²) in [6.07, 6.45) is -9.58. The maximum absolute atomic E-state index is 12.7. The summed E-state index contributed by atoms with van der Waals surface area (Å²) >= 11 is 0. The molecule has 0 saturated carbocycles. The van der Waals surface area contributed by atoms with Gasteiger partial charge in [0.05, 0.1) is 16.7 Å². The van der Waals surface area contributed by atoms with Crippen LogP contribution in [0.15, 0.2) is 26.5 Å². The molecule has 0 spiro atoms. The fraction of sp³-hybridized carbons (Fsp3) is 0.565. The van der Waals surface area contributed by atoms with Gasteiger partial charge >= 0.3 is 11.8 Å². The van der Waals surface area contributed by atoms with E-state index in [1.807, 2.05) is 0 Å². The first-order chi connectivity index (χ1) is 16.7. The molecule has 0 radical (unpaired) electrons. The maximum Gasteiger partial charge on any atom is 0.425 e. The molecule has 1 aromatic carbocycles. The van der Waals surface area contributed by atoms with E-state index >= 15 is 0 Å². The SMILES string of the molecule is CC/C(=N\OCC(F)(F)F)c1c(O)c2ccc(O[C@@H]3OC(C)(C)[C@H](OC)[C@@H](O)[C@H]3O)c(C)c2oc1=O. The molecule has 36 heavy (non-hydrogen) atoms. The van der Waals surface area contributed by atoms with Crippen molar-refractivity contribution in [2.45, 2.75) is 70.5 Å². The van der Waals surface area contributed by atoms with Crippen molar-refractivity contribution >= 4 is 16.7 Å². The van der Waals surface area contributed by atoms with Crippen molar-refractivity contribution in [2.75, 3.05) is 13.7 Å². The third-order valence-electron chi connectivity index (χ3n) is 5.81. The average Bonchev–Trinajstić information content (AvgIpc) is 2.77. The first-order valence-electron chi connectivity index (χ1n) is 11.0. The number of rotatable bonds is 7. The Morgan fingerprint density at radius 1 is 1.22 bits per heavy atom. The number of fused-ring (bicyclic) bond motifs is 1. The van der Waals surface area contributed by atoms with Crippen molar-refractivity contribution in [3.63, 3.8) is 0 Å². The molecule has 1 aliphatic rings. The molecule has 0 unspecified atom stereocenters. The summed E-state index contributed by atoms with van der Waals surface area (Å²) in [7, 11) is 1.38. The summed E-state index contributed by atoms with van der Waals surface area (Å²) in [5, 5.41) is 35.1. The Morgan fingerprint density at radius 2 is 1.89 bits per heavy atom. The van der Waals surface area contributed by atoms with Gasteiger partial charge in [0.1, 0.15) is 41.0 Å². The van der Waals surface area contributed by atoms with Gasteiger partial charge in [-0.3, -0.25) is 0 Å². The Hall–Kier alpha value is -2.87. The molecule has 1 aliphatic heterocycles. The molecule has 3 N–H and O–H groups in total. The summed E-state index contributed by atoms with van der Waals surface area (Å²) in [6, 6.07) is 2.78. The number of aromatic hydroxyl groups is 1. The van der Waals surface area contributed by atoms with Crippen LogP contribution in [0.2, 0.25) is 0 Å². The molecular weight excluding hydrogens is 491 g/mol. The van der Waals surface area contributed by atoms with Crippen LogP contribution in [0, 0.1) is 6.92 Å². The van der Waals surface area contributed by atoms with Crippen molar-refractivity contribution in [1.82, 2.24) is 0 Å². The van der Waals surface area contributed by atoms with E-state index in [4.69, 9.17) is 18.6 Å². The molecule has 1 aromatic heterocycles. The third-order valence-corrected chi connectivity index (χ3v) is 5.81. The number of aliphatic hydroxyl groups is 2. The van der Waals surface area contributed by atoms with Gasteiger partial charge < -0.3 is 38.8 Å². The second-order valence-corrected chi connectivity index (χ2v) is 8.80. The Morgan fingerprint density at radius 3 is 2.47 bits per heavy atom. The minimum Gasteiger partial charge on any atom is -0.506 e. The largest absolute Gasteiger partial charge is 0.506 e. The number of aliphatic hydroxyl groups excluding tert-OH is 2. The van der Waals surface area contributed by atoms with E-state index in [1.165, 1.54) is 33.1 Å². The van der Waals surface area contributed by atoms with E-state index < -0.39 is 59.9 Å². The smallest absolute Gasteiger partial charge is 0.425 e. The highest BCUT2D eigenvalue weighted by Crippen LogP contribution is 2.37. The van der Waals surface area contributed by atoms with Crippen LogP contribution in [0.1, 0.15) is 38.3 Å². The predicted molar refractivity (Wildman–Crippen MR) is 120 cm³/mol. The topological polar surface area (TPSA) is 140 Å². The highest BCUT2D eigenvalue weighted by molar-refractivity contribution is 6.06. The van der Waals surface area contributed by atoms with Gasteiger partial charge in [-0.25, -0.2) is 4.79 Å². The minimum atomic E-state index is -4.63. The zero-order chi connectivity index (χ0) is 27.0. The van der Waals surface area contributed by atoms with Gasteiger partial charge in [0.2, 0.25) is 12.9 Å². The minimum absolute atomic E-state index is 0.0284. The Bertz CT molecular complexity index is 1190. The number of halogens is 3. The third kappa shape index (κ3) is 5.43. The zero-order valence-electron chi connectivity index (χ0n) is 20.3. The second kappa shape index (κ2) is 10.2. The van der Waals surface area contributed by atoms with Crippen LogP contribution in [0.3, 0.4) is 0 Å². The Balaban J connectivity index is 1.97. The standard InChI is InChI=1S/C23H28F3NO9/c1-6-12(27-33-9-23(24,25)26)14-15(28)11-7-8-13(10(2)18(11)35-20(14)31)34-21-17(30)16(29)19(32-5)22(3,4)36-21/h7-8,16-17,19,21,28-30H,6,9H2,1-5H3/b27-12+/t16-,17+,19+,21+/m0/s1. The number of ether oxygens (including phenoxy) is 3. The number of alkyl halides is 3. The average molecular weight is 519 g/mol. The number of aryl methyl sites for hydroxylation is 1. The van der Waals surface area contributed by atoms with Crippen LogP contribution >= 0.6 is 0 Å². The molecule has 0 aliphatic carbocycles. The molecule has 0 bridgehead atoms. The predicted octanol–water partition coefficient (Wildman–Crippen LogP) is 2.75. The summed E-state index contributed by atoms with van der Waals surface area (Å²) in [4.78, 5) is 17.0. The summed E-state index contributed by atoms with van der Waals surface area (Å²) < 4.78 is 59.3. The van der Waals surface area contributed by atoms with Crippen LogP contribution in [-0.4, -0.2) is 71.1 Å². The fourth-order valence-electron chi connectivity index (χ4n) is 4.05. The lowest BCUT2D eigenvalue weighted by Gasteiger charge is -2.46. The lowest BCUT2D eigenvalue weighted by atomic mass is 9.89. The second-order valence-electron chi connectivity index (χ2n) is 8.80. The molecular formula is C23H28F3NO9.